The van der Waals surface area contributed by atoms with Crippen LogP contribution in [-0.4, -0.2) is 39.1 Å². The van der Waals surface area contributed by atoms with Crippen LogP contribution < -0.4 is 11.1 Å². The highest BCUT2D eigenvalue weighted by Crippen LogP contribution is 2.21. The lowest BCUT2D eigenvalue weighted by Gasteiger charge is -2.22. The van der Waals surface area contributed by atoms with E-state index in [1.807, 2.05) is 54.6 Å². The minimum atomic E-state index is -0.277. The Balaban J connectivity index is 1.43. The molecule has 7 nitrogen and oxygen atoms in total. The molecule has 1 aromatic heterocycles. The molecule has 7 heteroatoms. The van der Waals surface area contributed by atoms with Crippen molar-refractivity contribution in [1.82, 2.24) is 14.7 Å². The first-order valence-corrected chi connectivity index (χ1v) is 9.65. The summed E-state index contributed by atoms with van der Waals surface area (Å²) < 4.78 is 1.67. The summed E-state index contributed by atoms with van der Waals surface area (Å²) in [5.41, 5.74) is 8.44. The molecule has 0 spiro atoms. The van der Waals surface area contributed by atoms with E-state index in [0.29, 0.717) is 17.9 Å². The highest BCUT2D eigenvalue weighted by molar-refractivity contribution is 6.02. The number of nitrogens with two attached hydrogens (primary N) is 1. The molecule has 1 fully saturated rings. The Labute approximate surface area is 169 Å². The summed E-state index contributed by atoms with van der Waals surface area (Å²) in [5, 5.41) is 7.25. The van der Waals surface area contributed by atoms with Crippen molar-refractivity contribution in [2.24, 2.45) is 5.73 Å². The lowest BCUT2D eigenvalue weighted by Crippen LogP contribution is -2.39. The summed E-state index contributed by atoms with van der Waals surface area (Å²) in [7, 11) is 0. The molecule has 3 aromatic rings. The number of rotatable bonds is 6. The number of carbonyl (C=O) groups is 2. The van der Waals surface area contributed by atoms with Crippen LogP contribution in [0.5, 0.6) is 0 Å². The average Bonchev–Trinajstić information content (AvgIpc) is 3.39. The molecular formula is C22H23N5O2. The average molecular weight is 389 g/mol. The van der Waals surface area contributed by atoms with E-state index in [-0.39, 0.29) is 17.9 Å². The predicted octanol–water partition coefficient (Wildman–Crippen LogP) is 2.57. The van der Waals surface area contributed by atoms with Crippen LogP contribution in [-0.2, 0) is 11.3 Å². The summed E-state index contributed by atoms with van der Waals surface area (Å²) in [6, 6.07) is 18.7. The van der Waals surface area contributed by atoms with E-state index in [9.17, 15) is 9.59 Å². The van der Waals surface area contributed by atoms with Gasteiger partial charge in [-0.1, -0.05) is 30.3 Å². The van der Waals surface area contributed by atoms with Crippen LogP contribution >= 0.6 is 0 Å². The number of nitrogens with one attached hydrogen (secondary N) is 1. The van der Waals surface area contributed by atoms with E-state index in [1.165, 1.54) is 0 Å². The Morgan fingerprint density at radius 1 is 1.10 bits per heavy atom. The molecule has 3 N–H and O–H groups in total. The SMILES string of the molecule is NC(=O)C1CCCN1Cc1cccc(NC(=O)c2ccn(-c3ccccc3)n2)c1. The predicted molar refractivity (Wildman–Crippen MR) is 111 cm³/mol. The van der Waals surface area contributed by atoms with Gasteiger partial charge in [0.15, 0.2) is 5.69 Å². The second kappa shape index (κ2) is 8.28. The fourth-order valence-electron chi connectivity index (χ4n) is 3.68. The van der Waals surface area contributed by atoms with E-state index in [4.69, 9.17) is 5.73 Å². The van der Waals surface area contributed by atoms with Crippen molar-refractivity contribution >= 4 is 17.5 Å². The molecule has 1 saturated heterocycles. The van der Waals surface area contributed by atoms with Gasteiger partial charge < -0.3 is 11.1 Å². The van der Waals surface area contributed by atoms with Gasteiger partial charge in [-0.25, -0.2) is 4.68 Å². The van der Waals surface area contributed by atoms with Crippen LogP contribution in [0.15, 0.2) is 66.9 Å². The fourth-order valence-corrected chi connectivity index (χ4v) is 3.68. The summed E-state index contributed by atoms with van der Waals surface area (Å²) in [6.07, 6.45) is 3.53. The molecule has 0 bridgehead atoms. The lowest BCUT2D eigenvalue weighted by atomic mass is 10.1. The monoisotopic (exact) mass is 389 g/mol. The van der Waals surface area contributed by atoms with E-state index < -0.39 is 0 Å². The maximum Gasteiger partial charge on any atom is 0.276 e. The number of carbonyl (C=O) groups excluding carboxylic acids is 2. The molecule has 1 aliphatic rings. The summed E-state index contributed by atoms with van der Waals surface area (Å²) in [4.78, 5) is 26.3. The number of hydrogen-bond acceptors (Lipinski definition) is 4. The first-order chi connectivity index (χ1) is 14.1. The zero-order valence-corrected chi connectivity index (χ0v) is 16.0. The van der Waals surface area contributed by atoms with Crippen molar-refractivity contribution in [3.63, 3.8) is 0 Å². The number of primary amides is 1. The van der Waals surface area contributed by atoms with Crippen molar-refractivity contribution in [2.75, 3.05) is 11.9 Å². The van der Waals surface area contributed by atoms with Gasteiger partial charge in [0.05, 0.1) is 11.7 Å². The first kappa shape index (κ1) is 18.9. The number of anilines is 1. The number of likely N-dealkylation sites (tertiary alicyclic amines) is 1. The minimum absolute atomic E-state index is 0.213. The molecule has 2 aromatic carbocycles. The molecule has 4 rings (SSSR count). The molecule has 1 aliphatic heterocycles. The van der Waals surface area contributed by atoms with Crippen LogP contribution in [0.1, 0.15) is 28.9 Å². The second-order valence-electron chi connectivity index (χ2n) is 7.17. The van der Waals surface area contributed by atoms with Gasteiger partial charge >= 0.3 is 0 Å². The van der Waals surface area contributed by atoms with E-state index in [2.05, 4.69) is 15.3 Å². The zero-order chi connectivity index (χ0) is 20.2. The number of amides is 2. The van der Waals surface area contributed by atoms with Crippen LogP contribution in [0.25, 0.3) is 5.69 Å². The van der Waals surface area contributed by atoms with Gasteiger partial charge in [-0.15, -0.1) is 0 Å². The number of aromatic nitrogens is 2. The normalized spacial score (nSPS) is 16.6. The van der Waals surface area contributed by atoms with Crippen LogP contribution in [0, 0.1) is 0 Å². The number of hydrogen-bond donors (Lipinski definition) is 2. The van der Waals surface area contributed by atoms with Crippen molar-refractivity contribution in [2.45, 2.75) is 25.4 Å². The standard InChI is InChI=1S/C22H23N5O2/c23-21(28)20-10-5-12-26(20)15-16-6-4-7-17(14-16)24-22(29)19-11-13-27(25-19)18-8-2-1-3-9-18/h1-4,6-9,11,13-14,20H,5,10,12,15H2,(H2,23,28)(H,24,29). The molecule has 2 heterocycles. The van der Waals surface area contributed by atoms with E-state index in [0.717, 1.165) is 30.6 Å². The molecular weight excluding hydrogens is 366 g/mol. The van der Waals surface area contributed by atoms with E-state index >= 15 is 0 Å². The molecule has 2 amide bonds. The topological polar surface area (TPSA) is 93.3 Å². The van der Waals surface area contributed by atoms with Gasteiger partial charge in [-0.2, -0.15) is 5.10 Å². The van der Waals surface area contributed by atoms with Gasteiger partial charge in [-0.3, -0.25) is 14.5 Å². The third kappa shape index (κ3) is 4.35. The summed E-state index contributed by atoms with van der Waals surface area (Å²) in [6.45, 7) is 1.47. The van der Waals surface area contributed by atoms with Crippen LogP contribution in [0.4, 0.5) is 5.69 Å². The smallest absolute Gasteiger partial charge is 0.276 e. The van der Waals surface area contributed by atoms with Crippen molar-refractivity contribution in [3.8, 4) is 5.69 Å². The third-order valence-electron chi connectivity index (χ3n) is 5.11. The maximum absolute atomic E-state index is 12.6. The molecule has 1 unspecified atom stereocenters. The molecule has 0 radical (unpaired) electrons. The zero-order valence-electron chi connectivity index (χ0n) is 16.0. The second-order valence-corrected chi connectivity index (χ2v) is 7.17. The van der Waals surface area contributed by atoms with Crippen LogP contribution in [0.2, 0.25) is 0 Å². The summed E-state index contributed by atoms with van der Waals surface area (Å²) in [5.74, 6) is -0.547. The van der Waals surface area contributed by atoms with Gasteiger partial charge in [0, 0.05) is 18.4 Å². The summed E-state index contributed by atoms with van der Waals surface area (Å²) >= 11 is 0. The van der Waals surface area contributed by atoms with Gasteiger partial charge in [0.25, 0.3) is 5.91 Å². The molecule has 0 aliphatic carbocycles. The van der Waals surface area contributed by atoms with E-state index in [1.54, 1.807) is 16.9 Å². The maximum atomic E-state index is 12.6. The molecule has 0 saturated carbocycles. The van der Waals surface area contributed by atoms with Gasteiger partial charge in [-0.05, 0) is 55.3 Å². The number of benzene rings is 2. The fraction of sp³-hybridized carbons (Fsp3) is 0.227. The largest absolute Gasteiger partial charge is 0.368 e. The van der Waals surface area contributed by atoms with Crippen molar-refractivity contribution < 1.29 is 9.59 Å². The Hall–Kier alpha value is -3.45. The molecule has 1 atom stereocenters. The Morgan fingerprint density at radius 3 is 2.72 bits per heavy atom. The first-order valence-electron chi connectivity index (χ1n) is 9.65. The van der Waals surface area contributed by atoms with Crippen molar-refractivity contribution in [3.05, 3.63) is 78.1 Å². The van der Waals surface area contributed by atoms with Crippen molar-refractivity contribution in [1.29, 1.82) is 0 Å². The minimum Gasteiger partial charge on any atom is -0.368 e. The quantitative estimate of drug-likeness (QED) is 0.678. The lowest BCUT2D eigenvalue weighted by molar-refractivity contribution is -0.122. The molecule has 148 valence electrons. The number of para-hydroxylation sites is 1. The Kier molecular flexibility index (Phi) is 5.39. The van der Waals surface area contributed by atoms with Gasteiger partial charge in [0.1, 0.15) is 0 Å². The molecule has 29 heavy (non-hydrogen) atoms. The van der Waals surface area contributed by atoms with Crippen LogP contribution in [0.3, 0.4) is 0 Å². The Morgan fingerprint density at radius 2 is 1.93 bits per heavy atom. The highest BCUT2D eigenvalue weighted by Gasteiger charge is 2.28. The third-order valence-corrected chi connectivity index (χ3v) is 5.11. The Bertz CT molecular complexity index is 1010. The number of nitrogens with zero attached hydrogens (tertiary/aromatic N) is 3. The highest BCUT2D eigenvalue weighted by atomic mass is 16.2. The van der Waals surface area contributed by atoms with Gasteiger partial charge in [0.2, 0.25) is 5.91 Å².